The Labute approximate surface area is 255 Å². The topological polar surface area (TPSA) is 54.6 Å². The molecule has 0 N–H and O–H groups in total. The number of fused-ring (bicyclic) bond motifs is 2. The van der Waals surface area contributed by atoms with E-state index in [0.29, 0.717) is 6.42 Å². The summed E-state index contributed by atoms with van der Waals surface area (Å²) in [6.45, 7) is 2.23. The number of allylic oxidation sites excluding steroid dienone is 2. The standard InChI is InChI=1S/C37H18B2N2O4/c1-37-15-26-31-27-28-34-24(43-22-12-4-8-18-16-6-2-10-20(42-26)29(16)38(31)40(34)32(18)22)14-25-35(28)41-33-19(9-5-13-23(33)44-25)17-7-3-11-21(45-37)30(17)39(41)36(27)37/h2-14H,15H2,1H3. The van der Waals surface area contributed by atoms with Gasteiger partial charge in [-0.2, -0.15) is 0 Å². The van der Waals surface area contributed by atoms with Crippen molar-refractivity contribution in [2.45, 2.75) is 18.9 Å². The van der Waals surface area contributed by atoms with Crippen LogP contribution in [0.1, 0.15) is 18.9 Å². The van der Waals surface area contributed by atoms with Gasteiger partial charge in [-0.25, -0.2) is 0 Å². The zero-order valence-electron chi connectivity index (χ0n) is 23.9. The molecule has 0 amide bonds. The Morgan fingerprint density at radius 2 is 1.24 bits per heavy atom. The maximum absolute atomic E-state index is 7.18. The van der Waals surface area contributed by atoms with E-state index in [9.17, 15) is 0 Å². The maximum atomic E-state index is 7.18. The van der Waals surface area contributed by atoms with Crippen molar-refractivity contribution >= 4 is 74.6 Å². The first kappa shape index (κ1) is 21.3. The fraction of sp³-hybridized carbons (Fsp3) is 0.0811. The van der Waals surface area contributed by atoms with Crippen LogP contribution < -0.4 is 20.4 Å². The summed E-state index contributed by atoms with van der Waals surface area (Å²) in [6.07, 6.45) is 0.663. The van der Waals surface area contributed by atoms with Gasteiger partial charge in [-0.3, -0.25) is 0 Å². The number of ether oxygens (including phenoxy) is 2. The minimum atomic E-state index is -0.597. The van der Waals surface area contributed by atoms with Crippen molar-refractivity contribution < 1.29 is 18.3 Å². The lowest BCUT2D eigenvalue weighted by atomic mass is 9.34. The second-order valence-electron chi connectivity index (χ2n) is 13.7. The molecule has 0 saturated heterocycles. The van der Waals surface area contributed by atoms with Crippen molar-refractivity contribution in [2.24, 2.45) is 0 Å². The van der Waals surface area contributed by atoms with Gasteiger partial charge in [-0.05, 0) is 64.3 Å². The molecule has 0 bridgehead atoms. The Kier molecular flexibility index (Phi) is 2.93. The lowest BCUT2D eigenvalue weighted by molar-refractivity contribution is 0.118. The fourth-order valence-electron chi connectivity index (χ4n) is 10.3. The lowest BCUT2D eigenvalue weighted by Crippen LogP contribution is -2.62. The van der Waals surface area contributed by atoms with Crippen LogP contribution in [-0.2, 0) is 0 Å². The molecule has 8 heteroatoms. The summed E-state index contributed by atoms with van der Waals surface area (Å²) >= 11 is 0. The third kappa shape index (κ3) is 1.94. The van der Waals surface area contributed by atoms with Gasteiger partial charge in [-0.15, -0.1) is 0 Å². The molecule has 45 heavy (non-hydrogen) atoms. The molecule has 6 aliphatic heterocycles. The SMILES string of the molecule is CC12CC3=C4B5c6c(cccc6-c6cccc7oc8cc9oc%10cccc%11c%10n%10c9c(c8n5c67)C4=C1B%10c1c(cccc1-%11)O2)O3. The first-order chi connectivity index (χ1) is 22.2. The van der Waals surface area contributed by atoms with Crippen LogP contribution in [0.15, 0.2) is 104 Å². The summed E-state index contributed by atoms with van der Waals surface area (Å²) in [7, 11) is 0. The summed E-state index contributed by atoms with van der Waals surface area (Å²) < 4.78 is 33.0. The molecule has 7 aromatic rings. The second kappa shape index (κ2) is 6.20. The molecule has 0 saturated carbocycles. The number of aromatic nitrogens is 2. The molecule has 5 aromatic carbocycles. The highest BCUT2D eigenvalue weighted by atomic mass is 16.5. The van der Waals surface area contributed by atoms with Crippen molar-refractivity contribution in [3.8, 4) is 33.8 Å². The van der Waals surface area contributed by atoms with E-state index in [1.165, 1.54) is 55.3 Å². The molecule has 2 aromatic heterocycles. The van der Waals surface area contributed by atoms with E-state index in [4.69, 9.17) is 18.3 Å². The number of benzene rings is 5. The molecule has 6 nitrogen and oxygen atoms in total. The van der Waals surface area contributed by atoms with Crippen molar-refractivity contribution in [3.63, 3.8) is 0 Å². The maximum Gasteiger partial charge on any atom is 0.336 e. The molecular weight excluding hydrogens is 558 g/mol. The van der Waals surface area contributed by atoms with Crippen LogP contribution in [0.4, 0.5) is 0 Å². The van der Waals surface area contributed by atoms with E-state index < -0.39 is 5.60 Å². The predicted molar refractivity (Wildman–Crippen MR) is 175 cm³/mol. The molecule has 0 spiro atoms. The molecule has 8 heterocycles. The van der Waals surface area contributed by atoms with Gasteiger partial charge in [0.2, 0.25) is 0 Å². The van der Waals surface area contributed by atoms with Crippen LogP contribution in [0.5, 0.6) is 11.5 Å². The monoisotopic (exact) mass is 576 g/mol. The highest BCUT2D eigenvalue weighted by Crippen LogP contribution is 2.59. The number of para-hydroxylation sites is 2. The Hall–Kier alpha value is -5.49. The molecule has 1 unspecified atom stereocenters. The van der Waals surface area contributed by atoms with Crippen LogP contribution >= 0.6 is 0 Å². The smallest absolute Gasteiger partial charge is 0.336 e. The molecule has 206 valence electrons. The first-order valence-corrected chi connectivity index (χ1v) is 15.7. The zero-order chi connectivity index (χ0) is 28.7. The highest BCUT2D eigenvalue weighted by Gasteiger charge is 2.60. The molecule has 14 rings (SSSR count). The third-order valence-electron chi connectivity index (χ3n) is 11.7. The summed E-state index contributed by atoms with van der Waals surface area (Å²) in [4.78, 5) is 0. The average Bonchev–Trinajstić information content (AvgIpc) is 3.05. The molecule has 0 fully saturated rings. The second-order valence-corrected chi connectivity index (χ2v) is 13.7. The van der Waals surface area contributed by atoms with Gasteiger partial charge in [0.15, 0.2) is 22.3 Å². The van der Waals surface area contributed by atoms with Gasteiger partial charge in [0.25, 0.3) is 0 Å². The minimum Gasteiger partial charge on any atom is -0.484 e. The van der Waals surface area contributed by atoms with Crippen molar-refractivity contribution in [2.75, 3.05) is 0 Å². The molecule has 0 radical (unpaired) electrons. The summed E-state index contributed by atoms with van der Waals surface area (Å²) in [5.74, 6) is 2.89. The van der Waals surface area contributed by atoms with Crippen LogP contribution in [0, 0.1) is 0 Å². The largest absolute Gasteiger partial charge is 0.484 e. The summed E-state index contributed by atoms with van der Waals surface area (Å²) in [6, 6.07) is 28.0. The summed E-state index contributed by atoms with van der Waals surface area (Å²) in [5.41, 5.74) is 19.6. The third-order valence-corrected chi connectivity index (χ3v) is 11.7. The van der Waals surface area contributed by atoms with Crippen molar-refractivity contribution in [1.29, 1.82) is 0 Å². The van der Waals surface area contributed by atoms with Gasteiger partial charge in [-0.1, -0.05) is 48.5 Å². The Balaban J connectivity index is 1.35. The normalized spacial score (nSPS) is 20.6. The van der Waals surface area contributed by atoms with Gasteiger partial charge in [0, 0.05) is 34.6 Å². The summed E-state index contributed by atoms with van der Waals surface area (Å²) in [5, 5.41) is 0. The Morgan fingerprint density at radius 3 is 1.96 bits per heavy atom. The van der Waals surface area contributed by atoms with Crippen LogP contribution in [-0.4, -0.2) is 28.3 Å². The van der Waals surface area contributed by atoms with Gasteiger partial charge in [0.05, 0.1) is 22.1 Å². The van der Waals surface area contributed by atoms with Crippen LogP contribution in [0.25, 0.3) is 72.2 Å². The number of nitrogens with zero attached hydrogens (tertiary/aromatic N) is 2. The molecule has 1 aliphatic carbocycles. The Bertz CT molecular complexity index is 2870. The quantitative estimate of drug-likeness (QED) is 0.149. The number of hydrogen-bond donors (Lipinski definition) is 0. The fourth-order valence-corrected chi connectivity index (χ4v) is 10.3. The lowest BCUT2D eigenvalue weighted by Gasteiger charge is -2.53. The van der Waals surface area contributed by atoms with E-state index in [0.717, 1.165) is 61.7 Å². The van der Waals surface area contributed by atoms with Crippen molar-refractivity contribution in [1.82, 2.24) is 8.96 Å². The molecule has 1 atom stereocenters. The van der Waals surface area contributed by atoms with Crippen LogP contribution in [0.2, 0.25) is 0 Å². The van der Waals surface area contributed by atoms with E-state index in [1.807, 2.05) is 0 Å². The van der Waals surface area contributed by atoms with E-state index in [-0.39, 0.29) is 13.7 Å². The molecule has 7 aliphatic rings. The predicted octanol–water partition coefficient (Wildman–Crippen LogP) is 6.73. The number of rotatable bonds is 0. The zero-order valence-corrected chi connectivity index (χ0v) is 23.9. The Morgan fingerprint density at radius 1 is 0.644 bits per heavy atom. The van der Waals surface area contributed by atoms with Gasteiger partial charge >= 0.3 is 13.7 Å². The average molecular weight is 576 g/mol. The minimum absolute atomic E-state index is 0.0139. The van der Waals surface area contributed by atoms with Gasteiger partial charge in [0.1, 0.15) is 22.9 Å². The van der Waals surface area contributed by atoms with E-state index in [1.54, 1.807) is 0 Å². The highest BCUT2D eigenvalue weighted by molar-refractivity contribution is 6.89. The van der Waals surface area contributed by atoms with E-state index >= 15 is 0 Å². The van der Waals surface area contributed by atoms with Crippen molar-refractivity contribution in [3.05, 3.63) is 101 Å². The van der Waals surface area contributed by atoms with E-state index in [2.05, 4.69) is 94.7 Å². The molecular formula is C37H18B2N2O4. The first-order valence-electron chi connectivity index (χ1n) is 15.7. The van der Waals surface area contributed by atoms with Crippen LogP contribution in [0.3, 0.4) is 0 Å². The van der Waals surface area contributed by atoms with Gasteiger partial charge < -0.3 is 27.3 Å². The number of hydrogen-bond acceptors (Lipinski definition) is 4.